The van der Waals surface area contributed by atoms with Crippen molar-refractivity contribution in [1.82, 2.24) is 24.8 Å². The van der Waals surface area contributed by atoms with E-state index in [0.29, 0.717) is 46.6 Å². The number of carbonyl (C=O) groups excluding carboxylic acids is 2. The number of anilines is 1. The number of methoxy groups -OCH3 is 2. The van der Waals surface area contributed by atoms with Gasteiger partial charge in [0.1, 0.15) is 6.33 Å². The van der Waals surface area contributed by atoms with Crippen molar-refractivity contribution in [2.24, 2.45) is 0 Å². The Labute approximate surface area is 182 Å². The van der Waals surface area contributed by atoms with Crippen LogP contribution in [0.25, 0.3) is 10.3 Å². The minimum Gasteiger partial charge on any atom is -0.479 e. The average molecular weight is 443 g/mol. The number of piperazine rings is 1. The zero-order valence-corrected chi connectivity index (χ0v) is 18.0. The van der Waals surface area contributed by atoms with Crippen molar-refractivity contribution in [1.29, 1.82) is 0 Å². The van der Waals surface area contributed by atoms with Crippen LogP contribution in [0, 0.1) is 0 Å². The Morgan fingerprint density at radius 2 is 1.97 bits per heavy atom. The fourth-order valence-electron chi connectivity index (χ4n) is 3.39. The zero-order chi connectivity index (χ0) is 21.8. The first-order chi connectivity index (χ1) is 15.1. The van der Waals surface area contributed by atoms with Crippen LogP contribution in [0.5, 0.6) is 5.88 Å². The number of ether oxygens (including phenoxy) is 2. The van der Waals surface area contributed by atoms with Crippen LogP contribution in [0.2, 0.25) is 0 Å². The number of thiazole rings is 1. The van der Waals surface area contributed by atoms with Gasteiger partial charge in [-0.2, -0.15) is 4.98 Å². The molecule has 11 heteroatoms. The number of fused-ring (bicyclic) bond motifs is 1. The van der Waals surface area contributed by atoms with Gasteiger partial charge in [-0.15, -0.1) is 0 Å². The molecule has 0 radical (unpaired) electrons. The molecule has 1 fully saturated rings. The maximum absolute atomic E-state index is 12.7. The molecule has 1 saturated heterocycles. The lowest BCUT2D eigenvalue weighted by Crippen LogP contribution is -2.49. The molecule has 3 aromatic rings. The smallest absolute Gasteiger partial charge is 0.337 e. The predicted octanol–water partition coefficient (Wildman–Crippen LogP) is 2.23. The van der Waals surface area contributed by atoms with Gasteiger partial charge in [0.2, 0.25) is 5.88 Å². The summed E-state index contributed by atoms with van der Waals surface area (Å²) in [6, 6.07) is 7.22. The SMILES string of the molecule is COC(=O)c1cccc(CN2CCN(C(=O)Nc3nc4c(OC)ncnc4s3)CC2)c1. The summed E-state index contributed by atoms with van der Waals surface area (Å²) in [5.41, 5.74) is 2.10. The Hall–Kier alpha value is -3.31. The molecule has 0 saturated carbocycles. The molecule has 162 valence electrons. The molecule has 10 nitrogen and oxygen atoms in total. The molecule has 3 heterocycles. The number of nitrogens with zero attached hydrogens (tertiary/aromatic N) is 5. The zero-order valence-electron chi connectivity index (χ0n) is 17.2. The Morgan fingerprint density at radius 1 is 1.16 bits per heavy atom. The van der Waals surface area contributed by atoms with Gasteiger partial charge in [-0.25, -0.2) is 19.6 Å². The molecule has 0 bridgehead atoms. The van der Waals surface area contributed by atoms with Gasteiger partial charge in [0.05, 0.1) is 19.8 Å². The van der Waals surface area contributed by atoms with Crippen LogP contribution in [0.1, 0.15) is 15.9 Å². The lowest BCUT2D eigenvalue weighted by Gasteiger charge is -2.34. The van der Waals surface area contributed by atoms with Crippen LogP contribution in [0.3, 0.4) is 0 Å². The molecule has 31 heavy (non-hydrogen) atoms. The highest BCUT2D eigenvalue weighted by Crippen LogP contribution is 2.29. The second-order valence-corrected chi connectivity index (χ2v) is 7.92. The maximum Gasteiger partial charge on any atom is 0.337 e. The fraction of sp³-hybridized carbons (Fsp3) is 0.350. The van der Waals surface area contributed by atoms with E-state index < -0.39 is 0 Å². The van der Waals surface area contributed by atoms with Crippen molar-refractivity contribution in [3.05, 3.63) is 41.7 Å². The van der Waals surface area contributed by atoms with Crippen LogP contribution in [-0.2, 0) is 11.3 Å². The minimum atomic E-state index is -0.346. The third kappa shape index (κ3) is 4.72. The molecule has 1 aromatic carbocycles. The van der Waals surface area contributed by atoms with Gasteiger partial charge in [0.15, 0.2) is 15.5 Å². The van der Waals surface area contributed by atoms with Crippen LogP contribution < -0.4 is 10.1 Å². The molecule has 2 amide bonds. The highest BCUT2D eigenvalue weighted by molar-refractivity contribution is 7.22. The summed E-state index contributed by atoms with van der Waals surface area (Å²) < 4.78 is 9.97. The Kier molecular flexibility index (Phi) is 6.23. The van der Waals surface area contributed by atoms with Gasteiger partial charge < -0.3 is 14.4 Å². The van der Waals surface area contributed by atoms with E-state index in [1.165, 1.54) is 31.9 Å². The van der Waals surface area contributed by atoms with E-state index >= 15 is 0 Å². The van der Waals surface area contributed by atoms with E-state index in [1.807, 2.05) is 18.2 Å². The first kappa shape index (κ1) is 20.9. The normalized spacial score (nSPS) is 14.5. The number of nitrogens with one attached hydrogen (secondary N) is 1. The van der Waals surface area contributed by atoms with Crippen molar-refractivity contribution < 1.29 is 19.1 Å². The Bertz CT molecular complexity index is 1100. The molecule has 0 spiro atoms. The van der Waals surface area contributed by atoms with Crippen molar-refractivity contribution >= 4 is 38.8 Å². The Morgan fingerprint density at radius 3 is 2.71 bits per heavy atom. The minimum absolute atomic E-state index is 0.196. The fourth-order valence-corrected chi connectivity index (χ4v) is 4.18. The summed E-state index contributed by atoms with van der Waals surface area (Å²) >= 11 is 1.28. The Balaban J connectivity index is 1.32. The molecule has 1 aliphatic heterocycles. The van der Waals surface area contributed by atoms with Crippen molar-refractivity contribution in [3.63, 3.8) is 0 Å². The molecular formula is C20H22N6O4S. The van der Waals surface area contributed by atoms with Gasteiger partial charge in [-0.1, -0.05) is 23.5 Å². The standard InChI is InChI=1S/C20H22N6O4S/c1-29-16-15-17(22-12-21-16)31-19(23-15)24-20(28)26-8-6-25(7-9-26)11-13-4-3-5-14(10-13)18(27)30-2/h3-5,10,12H,6-9,11H2,1-2H3,(H,23,24,28). The van der Waals surface area contributed by atoms with Gasteiger partial charge >= 0.3 is 12.0 Å². The first-order valence-electron chi connectivity index (χ1n) is 9.68. The summed E-state index contributed by atoms with van der Waals surface area (Å²) in [4.78, 5) is 41.6. The summed E-state index contributed by atoms with van der Waals surface area (Å²) in [5, 5.41) is 3.30. The van der Waals surface area contributed by atoms with Gasteiger partial charge in [-0.05, 0) is 17.7 Å². The van der Waals surface area contributed by atoms with Crippen LogP contribution >= 0.6 is 11.3 Å². The number of aromatic nitrogens is 3. The maximum atomic E-state index is 12.7. The number of rotatable bonds is 5. The summed E-state index contributed by atoms with van der Waals surface area (Å²) in [5.74, 6) is 0.0356. The number of hydrogen-bond acceptors (Lipinski definition) is 9. The van der Waals surface area contributed by atoms with Gasteiger partial charge in [-0.3, -0.25) is 10.2 Å². The summed E-state index contributed by atoms with van der Waals surface area (Å²) in [7, 11) is 2.89. The van der Waals surface area contributed by atoms with Crippen LogP contribution in [0.4, 0.5) is 9.93 Å². The van der Waals surface area contributed by atoms with Crippen molar-refractivity contribution in [3.8, 4) is 5.88 Å². The molecule has 0 unspecified atom stereocenters. The summed E-state index contributed by atoms with van der Waals surface area (Å²) in [6.45, 7) is 3.35. The lowest BCUT2D eigenvalue weighted by atomic mass is 10.1. The third-order valence-corrected chi connectivity index (χ3v) is 5.86. The lowest BCUT2D eigenvalue weighted by molar-refractivity contribution is 0.0600. The van der Waals surface area contributed by atoms with Crippen molar-refractivity contribution in [2.75, 3.05) is 45.7 Å². The monoisotopic (exact) mass is 442 g/mol. The quantitative estimate of drug-likeness (QED) is 0.599. The summed E-state index contributed by atoms with van der Waals surface area (Å²) in [6.07, 6.45) is 1.41. The second-order valence-electron chi connectivity index (χ2n) is 6.94. The number of carbonyl (C=O) groups is 2. The molecule has 2 aromatic heterocycles. The number of benzene rings is 1. The molecular weight excluding hydrogens is 420 g/mol. The van der Waals surface area contributed by atoms with Crippen LogP contribution in [0.15, 0.2) is 30.6 Å². The number of hydrogen-bond donors (Lipinski definition) is 1. The van der Waals surface area contributed by atoms with E-state index in [0.717, 1.165) is 18.7 Å². The van der Waals surface area contributed by atoms with E-state index in [1.54, 1.807) is 11.0 Å². The number of amides is 2. The molecule has 4 rings (SSSR count). The highest BCUT2D eigenvalue weighted by Gasteiger charge is 2.23. The second kappa shape index (κ2) is 9.23. The van der Waals surface area contributed by atoms with E-state index in [-0.39, 0.29) is 12.0 Å². The van der Waals surface area contributed by atoms with E-state index in [2.05, 4.69) is 25.2 Å². The van der Waals surface area contributed by atoms with E-state index in [4.69, 9.17) is 9.47 Å². The molecule has 0 atom stereocenters. The largest absolute Gasteiger partial charge is 0.479 e. The topological polar surface area (TPSA) is 110 Å². The van der Waals surface area contributed by atoms with Crippen LogP contribution in [-0.4, -0.2) is 77.2 Å². The first-order valence-corrected chi connectivity index (χ1v) is 10.5. The number of esters is 1. The van der Waals surface area contributed by atoms with Gasteiger partial charge in [0.25, 0.3) is 0 Å². The molecule has 1 aliphatic rings. The molecule has 1 N–H and O–H groups in total. The van der Waals surface area contributed by atoms with Gasteiger partial charge in [0, 0.05) is 32.7 Å². The predicted molar refractivity (Wildman–Crippen MR) is 115 cm³/mol. The molecule has 0 aliphatic carbocycles. The highest BCUT2D eigenvalue weighted by atomic mass is 32.1. The third-order valence-electron chi connectivity index (χ3n) is 4.98. The van der Waals surface area contributed by atoms with Crippen molar-refractivity contribution in [2.45, 2.75) is 6.54 Å². The van der Waals surface area contributed by atoms with E-state index in [9.17, 15) is 9.59 Å². The number of urea groups is 1. The average Bonchev–Trinajstić information content (AvgIpc) is 3.21.